The minimum atomic E-state index is 0.0362. The molecule has 0 radical (unpaired) electrons. The summed E-state index contributed by atoms with van der Waals surface area (Å²) in [7, 11) is 0. The highest BCUT2D eigenvalue weighted by Crippen LogP contribution is 2.20. The van der Waals surface area contributed by atoms with Crippen molar-refractivity contribution in [1.82, 2.24) is 20.4 Å². The van der Waals surface area contributed by atoms with Gasteiger partial charge in [0, 0.05) is 50.3 Å². The predicted octanol–water partition coefficient (Wildman–Crippen LogP) is 2.32. The SMILES string of the molecule is CCNC(=NCC(C)(C)N1CCOCC1)NC1CC(C)N(Cc2ccccc2)C1. The maximum Gasteiger partial charge on any atom is 0.191 e. The first-order valence-electron chi connectivity index (χ1n) is 11.1. The molecule has 1 aromatic rings. The average molecular weight is 402 g/mol. The first-order chi connectivity index (χ1) is 14.0. The number of guanidine groups is 1. The zero-order valence-electron chi connectivity index (χ0n) is 18.7. The number of likely N-dealkylation sites (tertiary alicyclic amines) is 1. The van der Waals surface area contributed by atoms with E-state index in [1.165, 1.54) is 5.56 Å². The third kappa shape index (κ3) is 6.43. The van der Waals surface area contributed by atoms with Crippen LogP contribution in [-0.2, 0) is 11.3 Å². The predicted molar refractivity (Wildman–Crippen MR) is 120 cm³/mol. The lowest BCUT2D eigenvalue weighted by atomic mass is 10.0. The van der Waals surface area contributed by atoms with E-state index in [1.807, 2.05) is 0 Å². The Balaban J connectivity index is 1.56. The fourth-order valence-corrected chi connectivity index (χ4v) is 4.30. The molecule has 0 saturated carbocycles. The Bertz CT molecular complexity index is 642. The summed E-state index contributed by atoms with van der Waals surface area (Å²) >= 11 is 0. The summed E-state index contributed by atoms with van der Waals surface area (Å²) in [6.45, 7) is 16.4. The topological polar surface area (TPSA) is 52.1 Å². The highest BCUT2D eigenvalue weighted by Gasteiger charge is 2.31. The van der Waals surface area contributed by atoms with Gasteiger partial charge < -0.3 is 15.4 Å². The molecule has 1 aromatic carbocycles. The monoisotopic (exact) mass is 401 g/mol. The standard InChI is InChI=1S/C23H39N5O/c1-5-24-22(25-18-23(3,4)28-11-13-29-14-12-28)26-21-15-19(2)27(17-21)16-20-9-7-6-8-10-20/h6-10,19,21H,5,11-18H2,1-4H3,(H2,24,25,26). The van der Waals surface area contributed by atoms with Crippen LogP contribution in [0.2, 0.25) is 0 Å². The van der Waals surface area contributed by atoms with E-state index in [2.05, 4.69) is 78.5 Å². The van der Waals surface area contributed by atoms with Crippen molar-refractivity contribution >= 4 is 5.96 Å². The van der Waals surface area contributed by atoms with Gasteiger partial charge in [0.2, 0.25) is 0 Å². The zero-order valence-corrected chi connectivity index (χ0v) is 18.7. The van der Waals surface area contributed by atoms with E-state index in [4.69, 9.17) is 9.73 Å². The quantitative estimate of drug-likeness (QED) is 0.542. The van der Waals surface area contributed by atoms with Crippen LogP contribution >= 0.6 is 0 Å². The maximum absolute atomic E-state index is 5.50. The highest BCUT2D eigenvalue weighted by atomic mass is 16.5. The first-order valence-corrected chi connectivity index (χ1v) is 11.1. The molecule has 0 aromatic heterocycles. The number of aliphatic imine (C=N–C) groups is 1. The molecule has 2 aliphatic rings. The molecule has 3 rings (SSSR count). The van der Waals surface area contributed by atoms with E-state index in [-0.39, 0.29) is 5.54 Å². The molecule has 2 fully saturated rings. The van der Waals surface area contributed by atoms with Gasteiger partial charge in [-0.25, -0.2) is 0 Å². The van der Waals surface area contributed by atoms with Crippen LogP contribution in [0.5, 0.6) is 0 Å². The number of morpholine rings is 1. The summed E-state index contributed by atoms with van der Waals surface area (Å²) in [5.74, 6) is 0.938. The molecule has 29 heavy (non-hydrogen) atoms. The Hall–Kier alpha value is -1.63. The van der Waals surface area contributed by atoms with Gasteiger partial charge in [-0.2, -0.15) is 0 Å². The van der Waals surface area contributed by atoms with Gasteiger partial charge in [-0.1, -0.05) is 30.3 Å². The van der Waals surface area contributed by atoms with Crippen molar-refractivity contribution in [2.24, 2.45) is 4.99 Å². The van der Waals surface area contributed by atoms with Crippen LogP contribution in [0.15, 0.2) is 35.3 Å². The van der Waals surface area contributed by atoms with Crippen LogP contribution in [0.25, 0.3) is 0 Å². The van der Waals surface area contributed by atoms with Gasteiger partial charge in [0.25, 0.3) is 0 Å². The third-order valence-corrected chi connectivity index (χ3v) is 6.11. The molecule has 0 spiro atoms. The molecular weight excluding hydrogens is 362 g/mol. The summed E-state index contributed by atoms with van der Waals surface area (Å²) in [4.78, 5) is 10.0. The van der Waals surface area contributed by atoms with Crippen LogP contribution < -0.4 is 10.6 Å². The molecule has 0 amide bonds. The smallest absolute Gasteiger partial charge is 0.191 e. The Labute approximate surface area is 176 Å². The second-order valence-corrected chi connectivity index (χ2v) is 8.95. The van der Waals surface area contributed by atoms with Gasteiger partial charge in [-0.15, -0.1) is 0 Å². The highest BCUT2D eigenvalue weighted by molar-refractivity contribution is 5.80. The Morgan fingerprint density at radius 1 is 1.21 bits per heavy atom. The molecule has 0 aliphatic carbocycles. The van der Waals surface area contributed by atoms with Gasteiger partial charge in [0.15, 0.2) is 5.96 Å². The van der Waals surface area contributed by atoms with Crippen molar-refractivity contribution in [2.75, 3.05) is 45.9 Å². The summed E-state index contributed by atoms with van der Waals surface area (Å²) in [5, 5.41) is 7.13. The van der Waals surface area contributed by atoms with E-state index in [0.29, 0.717) is 12.1 Å². The van der Waals surface area contributed by atoms with Crippen LogP contribution in [-0.4, -0.2) is 79.3 Å². The molecular formula is C23H39N5O. The number of ether oxygens (including phenoxy) is 1. The molecule has 2 atom stereocenters. The Morgan fingerprint density at radius 3 is 2.62 bits per heavy atom. The van der Waals surface area contributed by atoms with Crippen LogP contribution in [0.4, 0.5) is 0 Å². The van der Waals surface area contributed by atoms with Crippen molar-refractivity contribution < 1.29 is 4.74 Å². The molecule has 2 unspecified atom stereocenters. The number of hydrogen-bond donors (Lipinski definition) is 2. The van der Waals surface area contributed by atoms with E-state index in [0.717, 1.165) is 64.9 Å². The molecule has 2 aliphatic heterocycles. The van der Waals surface area contributed by atoms with Gasteiger partial charge in [0.05, 0.1) is 19.8 Å². The molecule has 2 heterocycles. The minimum Gasteiger partial charge on any atom is -0.379 e. The van der Waals surface area contributed by atoms with Crippen molar-refractivity contribution in [3.63, 3.8) is 0 Å². The zero-order chi connectivity index (χ0) is 20.7. The van der Waals surface area contributed by atoms with E-state index in [9.17, 15) is 0 Å². The lowest BCUT2D eigenvalue weighted by molar-refractivity contribution is -0.00684. The van der Waals surface area contributed by atoms with Crippen molar-refractivity contribution in [1.29, 1.82) is 0 Å². The van der Waals surface area contributed by atoms with E-state index in [1.54, 1.807) is 0 Å². The lowest BCUT2D eigenvalue weighted by Crippen LogP contribution is -2.52. The molecule has 6 nitrogen and oxygen atoms in total. The molecule has 162 valence electrons. The summed E-state index contributed by atoms with van der Waals surface area (Å²) in [6.07, 6.45) is 1.14. The normalized spacial score (nSPS) is 24.6. The van der Waals surface area contributed by atoms with Gasteiger partial charge in [-0.3, -0.25) is 14.8 Å². The summed E-state index contributed by atoms with van der Waals surface area (Å²) in [6, 6.07) is 11.8. The van der Waals surface area contributed by atoms with E-state index >= 15 is 0 Å². The largest absolute Gasteiger partial charge is 0.379 e. The van der Waals surface area contributed by atoms with Gasteiger partial charge in [-0.05, 0) is 39.7 Å². The average Bonchev–Trinajstić information content (AvgIpc) is 3.06. The molecule has 0 bridgehead atoms. The van der Waals surface area contributed by atoms with Crippen LogP contribution in [0.3, 0.4) is 0 Å². The fourth-order valence-electron chi connectivity index (χ4n) is 4.30. The third-order valence-electron chi connectivity index (χ3n) is 6.11. The van der Waals surface area contributed by atoms with Gasteiger partial charge in [0.1, 0.15) is 0 Å². The Morgan fingerprint density at radius 2 is 1.93 bits per heavy atom. The number of nitrogens with zero attached hydrogens (tertiary/aromatic N) is 3. The van der Waals surface area contributed by atoms with Crippen molar-refractivity contribution in [2.45, 2.75) is 58.3 Å². The summed E-state index contributed by atoms with van der Waals surface area (Å²) < 4.78 is 5.50. The Kier molecular flexibility index (Phi) is 7.92. The molecule has 2 N–H and O–H groups in total. The number of nitrogens with one attached hydrogen (secondary N) is 2. The fraction of sp³-hybridized carbons (Fsp3) is 0.696. The second-order valence-electron chi connectivity index (χ2n) is 8.95. The second kappa shape index (κ2) is 10.4. The van der Waals surface area contributed by atoms with Crippen LogP contribution in [0.1, 0.15) is 39.7 Å². The minimum absolute atomic E-state index is 0.0362. The lowest BCUT2D eigenvalue weighted by Gasteiger charge is -2.40. The van der Waals surface area contributed by atoms with Crippen molar-refractivity contribution in [3.8, 4) is 0 Å². The molecule has 6 heteroatoms. The first kappa shape index (κ1) is 22.1. The summed E-state index contributed by atoms with van der Waals surface area (Å²) in [5.41, 5.74) is 1.42. The van der Waals surface area contributed by atoms with E-state index < -0.39 is 0 Å². The molecule has 2 saturated heterocycles. The van der Waals surface area contributed by atoms with Crippen LogP contribution in [0, 0.1) is 0 Å². The number of rotatable bonds is 7. The number of benzene rings is 1. The number of hydrogen-bond acceptors (Lipinski definition) is 4. The van der Waals surface area contributed by atoms with Crippen molar-refractivity contribution in [3.05, 3.63) is 35.9 Å². The maximum atomic E-state index is 5.50. The van der Waals surface area contributed by atoms with Gasteiger partial charge >= 0.3 is 0 Å².